The average Bonchev–Trinajstić information content (AvgIpc) is 3.60. The van der Waals surface area contributed by atoms with Gasteiger partial charge in [-0.2, -0.15) is 0 Å². The molecule has 1 aromatic carbocycles. The minimum absolute atomic E-state index is 0.112. The highest BCUT2D eigenvalue weighted by molar-refractivity contribution is 7.91. The summed E-state index contributed by atoms with van der Waals surface area (Å²) in [7, 11) is -3.66. The smallest absolute Gasteiger partial charge is 0.225 e. The standard InChI is InChI=1S/C25H34FN3O4S/c1-2-3-18-14-27-25(28-15-18)29-8-6-19(7-9-29)23-12-21(23)17-33-16-20-4-5-22(13-24(20)26)34(31,32)11-10-30/h4-5,13-15,19,21,23,30H,2-3,6-12,16-17H2,1H3. The number of halogens is 1. The van der Waals surface area contributed by atoms with Gasteiger partial charge in [0.25, 0.3) is 0 Å². The number of nitrogens with zero attached hydrogens (tertiary/aromatic N) is 3. The number of ether oxygens (including phenoxy) is 1. The lowest BCUT2D eigenvalue weighted by molar-refractivity contribution is 0.102. The van der Waals surface area contributed by atoms with Crippen molar-refractivity contribution in [2.45, 2.75) is 50.5 Å². The Morgan fingerprint density at radius 2 is 1.94 bits per heavy atom. The third-order valence-corrected chi connectivity index (χ3v) is 8.66. The summed E-state index contributed by atoms with van der Waals surface area (Å²) in [6.45, 7) is 4.32. The van der Waals surface area contributed by atoms with E-state index in [1.54, 1.807) is 0 Å². The van der Waals surface area contributed by atoms with Crippen LogP contribution in [0.4, 0.5) is 10.3 Å². The summed E-state index contributed by atoms with van der Waals surface area (Å²) in [6, 6.07) is 3.84. The summed E-state index contributed by atoms with van der Waals surface area (Å²) < 4.78 is 44.1. The van der Waals surface area contributed by atoms with Crippen LogP contribution in [0.15, 0.2) is 35.5 Å². The summed E-state index contributed by atoms with van der Waals surface area (Å²) >= 11 is 0. The van der Waals surface area contributed by atoms with E-state index in [-0.39, 0.29) is 11.5 Å². The van der Waals surface area contributed by atoms with E-state index in [1.807, 2.05) is 12.4 Å². The predicted molar refractivity (Wildman–Crippen MR) is 128 cm³/mol. The molecule has 4 rings (SSSR count). The number of sulfone groups is 1. The normalized spacial score (nSPS) is 21.1. The van der Waals surface area contributed by atoms with Crippen molar-refractivity contribution in [3.8, 4) is 0 Å². The van der Waals surface area contributed by atoms with Crippen molar-refractivity contribution >= 4 is 15.8 Å². The number of benzene rings is 1. The molecule has 1 saturated carbocycles. The second-order valence-electron chi connectivity index (χ2n) is 9.44. The Morgan fingerprint density at radius 1 is 1.21 bits per heavy atom. The maximum absolute atomic E-state index is 14.3. The maximum atomic E-state index is 14.3. The van der Waals surface area contributed by atoms with Crippen molar-refractivity contribution in [1.82, 2.24) is 9.97 Å². The zero-order valence-corrected chi connectivity index (χ0v) is 20.5. The fraction of sp³-hybridized carbons (Fsp3) is 0.600. The van der Waals surface area contributed by atoms with Crippen LogP contribution in [0.1, 0.15) is 43.7 Å². The molecule has 34 heavy (non-hydrogen) atoms. The van der Waals surface area contributed by atoms with Crippen LogP contribution in [0.3, 0.4) is 0 Å². The van der Waals surface area contributed by atoms with Crippen LogP contribution in [-0.4, -0.2) is 55.5 Å². The van der Waals surface area contributed by atoms with E-state index in [9.17, 15) is 12.8 Å². The molecule has 0 radical (unpaired) electrons. The summed E-state index contributed by atoms with van der Waals surface area (Å²) in [5.74, 6) is 1.66. The maximum Gasteiger partial charge on any atom is 0.225 e. The first-order chi connectivity index (χ1) is 16.4. The summed E-state index contributed by atoms with van der Waals surface area (Å²) in [4.78, 5) is 11.2. The first-order valence-electron chi connectivity index (χ1n) is 12.2. The Hall–Kier alpha value is -2.10. The molecule has 2 aromatic rings. The highest BCUT2D eigenvalue weighted by atomic mass is 32.2. The second-order valence-corrected chi connectivity index (χ2v) is 11.5. The monoisotopic (exact) mass is 491 g/mol. The molecule has 0 amide bonds. The quantitative estimate of drug-likeness (QED) is 0.515. The van der Waals surface area contributed by atoms with Gasteiger partial charge in [-0.1, -0.05) is 19.4 Å². The van der Waals surface area contributed by atoms with Crippen LogP contribution in [-0.2, 0) is 27.6 Å². The van der Waals surface area contributed by atoms with Gasteiger partial charge in [-0.05, 0) is 61.1 Å². The highest BCUT2D eigenvalue weighted by Gasteiger charge is 2.43. The molecule has 0 bridgehead atoms. The molecule has 1 aliphatic heterocycles. The fourth-order valence-corrected chi connectivity index (χ4v) is 5.93. The van der Waals surface area contributed by atoms with Gasteiger partial charge in [-0.25, -0.2) is 22.8 Å². The minimum Gasteiger partial charge on any atom is -0.395 e. The van der Waals surface area contributed by atoms with Crippen LogP contribution >= 0.6 is 0 Å². The number of anilines is 1. The fourth-order valence-electron chi connectivity index (χ4n) is 4.89. The lowest BCUT2D eigenvalue weighted by Gasteiger charge is -2.32. The molecule has 2 heterocycles. The van der Waals surface area contributed by atoms with Crippen LogP contribution in [0.2, 0.25) is 0 Å². The Kier molecular flexibility index (Phi) is 8.16. The van der Waals surface area contributed by atoms with Gasteiger partial charge in [0.15, 0.2) is 9.84 Å². The number of rotatable bonds is 11. The van der Waals surface area contributed by atoms with Crippen LogP contribution in [0.25, 0.3) is 0 Å². The largest absolute Gasteiger partial charge is 0.395 e. The first-order valence-corrected chi connectivity index (χ1v) is 13.8. The molecule has 9 heteroatoms. The van der Waals surface area contributed by atoms with Gasteiger partial charge in [0.1, 0.15) is 5.82 Å². The SMILES string of the molecule is CCCc1cnc(N2CCC(C3CC3COCc3ccc(S(=O)(=O)CCO)cc3F)CC2)nc1. The van der Waals surface area contributed by atoms with Gasteiger partial charge >= 0.3 is 0 Å². The second kappa shape index (κ2) is 11.1. The van der Waals surface area contributed by atoms with Crippen molar-refractivity contribution in [2.24, 2.45) is 17.8 Å². The molecule has 1 N–H and O–H groups in total. The molecule has 0 spiro atoms. The third-order valence-electron chi connectivity index (χ3n) is 6.97. The summed E-state index contributed by atoms with van der Waals surface area (Å²) in [5.41, 5.74) is 1.53. The zero-order valence-electron chi connectivity index (χ0n) is 19.7. The van der Waals surface area contributed by atoms with Gasteiger partial charge in [0.2, 0.25) is 5.95 Å². The number of aryl methyl sites for hydroxylation is 1. The van der Waals surface area contributed by atoms with Gasteiger partial charge < -0.3 is 14.7 Å². The molecular weight excluding hydrogens is 457 g/mol. The number of hydrogen-bond acceptors (Lipinski definition) is 7. The lowest BCUT2D eigenvalue weighted by Crippen LogP contribution is -2.35. The van der Waals surface area contributed by atoms with Crippen LogP contribution < -0.4 is 4.90 Å². The zero-order chi connectivity index (χ0) is 24.1. The van der Waals surface area contributed by atoms with Crippen LogP contribution in [0, 0.1) is 23.6 Å². The molecule has 2 aliphatic rings. The van der Waals surface area contributed by atoms with Gasteiger partial charge in [0.05, 0.1) is 30.5 Å². The van der Waals surface area contributed by atoms with Gasteiger partial charge in [-0.15, -0.1) is 0 Å². The number of aliphatic hydroxyl groups is 1. The molecule has 2 fully saturated rings. The summed E-state index contributed by atoms with van der Waals surface area (Å²) in [5, 5.41) is 8.87. The van der Waals surface area contributed by atoms with Crippen molar-refractivity contribution in [2.75, 3.05) is 37.0 Å². The Balaban J connectivity index is 1.19. The van der Waals surface area contributed by atoms with E-state index in [2.05, 4.69) is 21.8 Å². The van der Waals surface area contributed by atoms with E-state index < -0.39 is 28.0 Å². The van der Waals surface area contributed by atoms with Crippen molar-refractivity contribution < 1.29 is 22.7 Å². The van der Waals surface area contributed by atoms with Gasteiger partial charge in [0, 0.05) is 31.0 Å². The molecule has 1 aromatic heterocycles. The molecule has 1 aliphatic carbocycles. The minimum atomic E-state index is -3.66. The van der Waals surface area contributed by atoms with E-state index in [0.29, 0.717) is 29.9 Å². The molecule has 2 atom stereocenters. The Bertz CT molecular complexity index is 1060. The molecule has 7 nitrogen and oxygen atoms in total. The molecular formula is C25H34FN3O4S. The first kappa shape index (κ1) is 25.0. The number of aliphatic hydroxyl groups excluding tert-OH is 1. The summed E-state index contributed by atoms with van der Waals surface area (Å²) in [6.07, 6.45) is 9.38. The highest BCUT2D eigenvalue weighted by Crippen LogP contribution is 2.48. The molecule has 2 unspecified atom stereocenters. The van der Waals surface area contributed by atoms with E-state index in [4.69, 9.17) is 9.84 Å². The van der Waals surface area contributed by atoms with Crippen molar-refractivity contribution in [3.05, 3.63) is 47.5 Å². The van der Waals surface area contributed by atoms with Crippen LogP contribution in [0.5, 0.6) is 0 Å². The topological polar surface area (TPSA) is 92.6 Å². The van der Waals surface area contributed by atoms with Gasteiger partial charge in [-0.3, -0.25) is 0 Å². The Labute approximate surface area is 201 Å². The predicted octanol–water partition coefficient (Wildman–Crippen LogP) is 3.40. The van der Waals surface area contributed by atoms with E-state index in [0.717, 1.165) is 57.2 Å². The van der Waals surface area contributed by atoms with E-state index >= 15 is 0 Å². The number of piperidine rings is 1. The lowest BCUT2D eigenvalue weighted by atomic mass is 9.91. The molecule has 186 valence electrons. The number of hydrogen-bond donors (Lipinski definition) is 1. The Morgan fingerprint density at radius 3 is 2.59 bits per heavy atom. The van der Waals surface area contributed by atoms with E-state index in [1.165, 1.54) is 17.7 Å². The van der Waals surface area contributed by atoms with Crippen molar-refractivity contribution in [3.63, 3.8) is 0 Å². The average molecular weight is 492 g/mol. The van der Waals surface area contributed by atoms with Crippen molar-refractivity contribution in [1.29, 1.82) is 0 Å². The molecule has 1 saturated heterocycles. The number of aromatic nitrogens is 2. The third kappa shape index (κ3) is 6.12.